The van der Waals surface area contributed by atoms with Crippen molar-refractivity contribution in [2.24, 2.45) is 5.92 Å². The molecule has 0 atom stereocenters. The smallest absolute Gasteiger partial charge is 0.410 e. The van der Waals surface area contributed by atoms with E-state index in [9.17, 15) is 13.6 Å². The fraction of sp³-hybridized carbons (Fsp3) is 0.556. The number of hydrogen-bond donors (Lipinski definition) is 1. The molecule has 0 unspecified atom stereocenters. The summed E-state index contributed by atoms with van der Waals surface area (Å²) in [6, 6.07) is 9.06. The number of benzene rings is 1. The van der Waals surface area contributed by atoms with Gasteiger partial charge in [0.15, 0.2) is 5.82 Å². The van der Waals surface area contributed by atoms with E-state index in [4.69, 9.17) is 14.5 Å². The molecule has 6 rings (SSSR count). The van der Waals surface area contributed by atoms with Crippen LogP contribution in [0.1, 0.15) is 44.4 Å². The van der Waals surface area contributed by atoms with E-state index in [0.29, 0.717) is 74.0 Å². The van der Waals surface area contributed by atoms with Crippen LogP contribution < -0.4 is 10.2 Å². The summed E-state index contributed by atoms with van der Waals surface area (Å²) in [6.07, 6.45) is 1.73. The highest BCUT2D eigenvalue weighted by Gasteiger charge is 2.31. The maximum Gasteiger partial charge on any atom is 0.410 e. The predicted octanol–water partition coefficient (Wildman–Crippen LogP) is 4.40. The Balaban J connectivity index is 1.23. The number of carbonyl (C=O) groups is 1. The number of anilines is 2. The summed E-state index contributed by atoms with van der Waals surface area (Å²) in [5.74, 6) is 1.46. The first kappa shape index (κ1) is 25.7. The van der Waals surface area contributed by atoms with Crippen molar-refractivity contribution in [3.63, 3.8) is 0 Å². The molecule has 39 heavy (non-hydrogen) atoms. The van der Waals surface area contributed by atoms with E-state index in [0.717, 1.165) is 38.6 Å². The van der Waals surface area contributed by atoms with Crippen molar-refractivity contribution in [1.82, 2.24) is 24.4 Å². The number of amides is 1. The molecule has 1 N–H and O–H groups in total. The number of rotatable bonds is 7. The van der Waals surface area contributed by atoms with Crippen LogP contribution in [0.25, 0.3) is 16.9 Å². The van der Waals surface area contributed by atoms with Crippen molar-refractivity contribution < 1.29 is 23.0 Å². The monoisotopic (exact) mass is 541 g/mol. The highest BCUT2D eigenvalue weighted by Crippen LogP contribution is 2.31. The molecule has 2 aromatic heterocycles. The zero-order chi connectivity index (χ0) is 26.8. The van der Waals surface area contributed by atoms with Gasteiger partial charge in [0.05, 0.1) is 30.9 Å². The zero-order valence-electron chi connectivity index (χ0n) is 21.8. The van der Waals surface area contributed by atoms with Gasteiger partial charge in [-0.3, -0.25) is 4.57 Å². The molecule has 208 valence electrons. The molecule has 1 aromatic carbocycles. The summed E-state index contributed by atoms with van der Waals surface area (Å²) >= 11 is 0. The largest absolute Gasteiger partial charge is 0.449 e. The maximum absolute atomic E-state index is 14.1. The number of imidazole rings is 1. The lowest BCUT2D eigenvalue weighted by molar-refractivity contribution is 0.0435. The minimum absolute atomic E-state index is 0.195. The first-order valence-electron chi connectivity index (χ1n) is 13.7. The van der Waals surface area contributed by atoms with Gasteiger partial charge in [-0.05, 0) is 50.2 Å². The molecule has 2 saturated heterocycles. The molecule has 1 aliphatic carbocycles. The third-order valence-electron chi connectivity index (χ3n) is 7.85. The van der Waals surface area contributed by atoms with E-state index < -0.39 is 6.43 Å². The highest BCUT2D eigenvalue weighted by molar-refractivity contribution is 5.78. The lowest BCUT2D eigenvalue weighted by Gasteiger charge is -2.38. The summed E-state index contributed by atoms with van der Waals surface area (Å²) in [4.78, 5) is 29.7. The molecule has 10 nitrogen and oxygen atoms in total. The number of morpholine rings is 1. The average Bonchev–Trinajstić information content (AvgIpc) is 3.37. The van der Waals surface area contributed by atoms with Gasteiger partial charge in [0.1, 0.15) is 11.6 Å². The van der Waals surface area contributed by atoms with E-state index in [1.807, 2.05) is 4.90 Å². The van der Waals surface area contributed by atoms with Crippen LogP contribution in [0, 0.1) is 5.92 Å². The zero-order valence-corrected chi connectivity index (χ0v) is 21.8. The van der Waals surface area contributed by atoms with Crippen LogP contribution in [0.4, 0.5) is 25.3 Å². The number of carbonyl (C=O) groups excluding carboxylic acids is 1. The summed E-state index contributed by atoms with van der Waals surface area (Å²) < 4.78 is 40.3. The van der Waals surface area contributed by atoms with E-state index in [1.165, 1.54) is 4.57 Å². The second-order valence-corrected chi connectivity index (χ2v) is 10.3. The third-order valence-corrected chi connectivity index (χ3v) is 7.85. The number of nitrogens with zero attached hydrogens (tertiary/aromatic N) is 6. The fourth-order valence-corrected chi connectivity index (χ4v) is 5.80. The molecule has 0 radical (unpaired) electrons. The van der Waals surface area contributed by atoms with Gasteiger partial charge in [-0.25, -0.2) is 18.6 Å². The van der Waals surface area contributed by atoms with Crippen molar-refractivity contribution in [2.45, 2.75) is 44.6 Å². The number of para-hydroxylation sites is 2. The molecular weight excluding hydrogens is 508 g/mol. The minimum atomic E-state index is -2.76. The molecule has 3 aromatic rings. The molecule has 12 heteroatoms. The number of nitrogens with one attached hydrogen (secondary N) is 1. The normalized spacial score (nSPS) is 22.4. The summed E-state index contributed by atoms with van der Waals surface area (Å²) in [7, 11) is 0. The lowest BCUT2D eigenvalue weighted by atomic mass is 9.85. The number of ether oxygens (including phenoxy) is 2. The van der Waals surface area contributed by atoms with Gasteiger partial charge in [-0.2, -0.15) is 9.97 Å². The van der Waals surface area contributed by atoms with Crippen LogP contribution in [0.15, 0.2) is 30.3 Å². The van der Waals surface area contributed by atoms with Crippen molar-refractivity contribution in [3.8, 4) is 5.82 Å². The SMILES string of the molecule is O=C1OCCCN1[C@H]1CC[C@H](CNc2nc(N3CCOCC3)cc(-n3c(C(F)F)nc4ccccc43)n2)CC1. The summed E-state index contributed by atoms with van der Waals surface area (Å²) in [6.45, 7) is 4.40. The maximum atomic E-state index is 14.1. The van der Waals surface area contributed by atoms with Crippen molar-refractivity contribution in [2.75, 3.05) is 56.2 Å². The molecule has 3 aliphatic rings. The van der Waals surface area contributed by atoms with E-state index in [1.54, 1.807) is 30.3 Å². The van der Waals surface area contributed by atoms with Gasteiger partial charge in [0, 0.05) is 38.3 Å². The Morgan fingerprint density at radius 1 is 0.974 bits per heavy atom. The Hall–Kier alpha value is -3.54. The van der Waals surface area contributed by atoms with E-state index in [2.05, 4.69) is 20.2 Å². The first-order chi connectivity index (χ1) is 19.1. The summed E-state index contributed by atoms with van der Waals surface area (Å²) in [5.41, 5.74) is 1.06. The van der Waals surface area contributed by atoms with Crippen molar-refractivity contribution in [1.29, 1.82) is 0 Å². The van der Waals surface area contributed by atoms with Crippen molar-refractivity contribution in [3.05, 3.63) is 36.2 Å². The first-order valence-corrected chi connectivity index (χ1v) is 13.7. The minimum Gasteiger partial charge on any atom is -0.449 e. The molecule has 1 amide bonds. The number of cyclic esters (lactones) is 1. The van der Waals surface area contributed by atoms with E-state index in [-0.39, 0.29) is 18.0 Å². The van der Waals surface area contributed by atoms with Gasteiger partial charge in [-0.1, -0.05) is 12.1 Å². The number of alkyl halides is 2. The Kier molecular flexibility index (Phi) is 7.45. The van der Waals surface area contributed by atoms with Crippen LogP contribution in [-0.2, 0) is 9.47 Å². The molecule has 1 saturated carbocycles. The van der Waals surface area contributed by atoms with Gasteiger partial charge >= 0.3 is 6.09 Å². The number of halogens is 2. The van der Waals surface area contributed by atoms with Gasteiger partial charge in [0.25, 0.3) is 6.43 Å². The number of fused-ring (bicyclic) bond motifs is 1. The van der Waals surface area contributed by atoms with Crippen LogP contribution in [0.5, 0.6) is 0 Å². The Bertz CT molecular complexity index is 1310. The van der Waals surface area contributed by atoms with Crippen LogP contribution >= 0.6 is 0 Å². The predicted molar refractivity (Wildman–Crippen MR) is 142 cm³/mol. The Labute approximate surface area is 225 Å². The quantitative estimate of drug-likeness (QED) is 0.470. The second kappa shape index (κ2) is 11.3. The molecule has 4 heterocycles. The van der Waals surface area contributed by atoms with Crippen molar-refractivity contribution >= 4 is 28.9 Å². The Morgan fingerprint density at radius 3 is 2.51 bits per heavy atom. The van der Waals surface area contributed by atoms with Crippen LogP contribution in [0.2, 0.25) is 0 Å². The average molecular weight is 542 g/mol. The van der Waals surface area contributed by atoms with E-state index >= 15 is 0 Å². The van der Waals surface area contributed by atoms with Gasteiger partial charge in [0.2, 0.25) is 5.95 Å². The van der Waals surface area contributed by atoms with Gasteiger partial charge < -0.3 is 24.6 Å². The van der Waals surface area contributed by atoms with Gasteiger partial charge in [-0.15, -0.1) is 0 Å². The third kappa shape index (κ3) is 5.47. The highest BCUT2D eigenvalue weighted by atomic mass is 19.3. The number of aromatic nitrogens is 4. The number of hydrogen-bond acceptors (Lipinski definition) is 8. The van der Waals surface area contributed by atoms with Crippen LogP contribution in [-0.4, -0.2) is 82.6 Å². The topological polar surface area (TPSA) is 97.6 Å². The Morgan fingerprint density at radius 2 is 1.74 bits per heavy atom. The second-order valence-electron chi connectivity index (χ2n) is 10.3. The molecule has 2 aliphatic heterocycles. The standard InChI is InChI=1S/C27H33F2N7O3/c28-24(29)25-31-20-4-1-2-5-21(20)36(25)23-16-22(34-11-14-38-15-12-34)32-26(33-23)30-17-18-6-8-19(9-7-18)35-10-3-13-39-27(35)37/h1-2,4-5,16,18-19,24H,3,6-15,17H2,(H,30,32,33)/t18-,19-. The molecule has 0 spiro atoms. The molecule has 3 fully saturated rings. The summed E-state index contributed by atoms with van der Waals surface area (Å²) in [5, 5.41) is 3.39. The molecular formula is C27H33F2N7O3. The fourth-order valence-electron chi connectivity index (χ4n) is 5.80. The lowest BCUT2D eigenvalue weighted by Crippen LogP contribution is -2.46. The molecule has 0 bridgehead atoms. The van der Waals surface area contributed by atoms with Crippen LogP contribution in [0.3, 0.4) is 0 Å².